The van der Waals surface area contributed by atoms with Crippen LogP contribution < -0.4 is 10.1 Å². The summed E-state index contributed by atoms with van der Waals surface area (Å²) in [5.41, 5.74) is 0. The van der Waals surface area contributed by atoms with Crippen molar-refractivity contribution in [1.82, 2.24) is 15.1 Å². The van der Waals surface area contributed by atoms with E-state index in [0.717, 1.165) is 25.3 Å². The summed E-state index contributed by atoms with van der Waals surface area (Å²) in [7, 11) is 0. The van der Waals surface area contributed by atoms with Crippen molar-refractivity contribution in [2.24, 2.45) is 0 Å². The molecule has 0 spiro atoms. The van der Waals surface area contributed by atoms with Gasteiger partial charge in [-0.05, 0) is 25.1 Å². The number of hydrogen-bond donors (Lipinski definition) is 1. The fourth-order valence-electron chi connectivity index (χ4n) is 2.12. The molecule has 0 radical (unpaired) electrons. The molecule has 1 N–H and O–H groups in total. The van der Waals surface area contributed by atoms with Gasteiger partial charge < -0.3 is 10.1 Å². The van der Waals surface area contributed by atoms with Gasteiger partial charge in [0, 0.05) is 6.54 Å². The first-order valence-electron chi connectivity index (χ1n) is 6.01. The van der Waals surface area contributed by atoms with Crippen LogP contribution in [0.5, 0.6) is 11.5 Å². The Kier molecular flexibility index (Phi) is 3.21. The van der Waals surface area contributed by atoms with Gasteiger partial charge in [0.05, 0.1) is 12.2 Å². The SMILES string of the molecule is Clc1c(Oc2ccccc2)cnn1C1CCNC1. The van der Waals surface area contributed by atoms with Crippen molar-refractivity contribution in [3.63, 3.8) is 0 Å². The maximum absolute atomic E-state index is 6.30. The van der Waals surface area contributed by atoms with Crippen molar-refractivity contribution in [2.45, 2.75) is 12.5 Å². The van der Waals surface area contributed by atoms with Crippen LogP contribution in [-0.4, -0.2) is 22.9 Å². The first kappa shape index (κ1) is 11.6. The highest BCUT2D eigenvalue weighted by molar-refractivity contribution is 6.31. The molecular weight excluding hydrogens is 250 g/mol. The van der Waals surface area contributed by atoms with E-state index in [1.807, 2.05) is 35.0 Å². The third-order valence-electron chi connectivity index (χ3n) is 3.06. The van der Waals surface area contributed by atoms with E-state index in [4.69, 9.17) is 16.3 Å². The molecule has 5 heteroatoms. The number of para-hydroxylation sites is 1. The van der Waals surface area contributed by atoms with E-state index in [-0.39, 0.29) is 0 Å². The molecule has 0 aliphatic carbocycles. The summed E-state index contributed by atoms with van der Waals surface area (Å²) in [6.07, 6.45) is 2.72. The first-order valence-corrected chi connectivity index (χ1v) is 6.39. The van der Waals surface area contributed by atoms with E-state index in [1.165, 1.54) is 0 Å². The predicted octanol–water partition coefficient (Wildman–Crippen LogP) is 2.86. The molecule has 18 heavy (non-hydrogen) atoms. The Morgan fingerprint density at radius 2 is 2.17 bits per heavy atom. The second-order valence-electron chi connectivity index (χ2n) is 4.31. The lowest BCUT2D eigenvalue weighted by molar-refractivity contribution is 0.470. The highest BCUT2D eigenvalue weighted by Gasteiger charge is 2.21. The monoisotopic (exact) mass is 263 g/mol. The molecule has 0 amide bonds. The van der Waals surface area contributed by atoms with Crippen molar-refractivity contribution >= 4 is 11.6 Å². The fourth-order valence-corrected chi connectivity index (χ4v) is 2.39. The highest BCUT2D eigenvalue weighted by Crippen LogP contribution is 2.31. The molecule has 4 nitrogen and oxygen atoms in total. The van der Waals surface area contributed by atoms with Gasteiger partial charge in [-0.15, -0.1) is 0 Å². The Hall–Kier alpha value is -1.52. The minimum atomic E-state index is 0.325. The molecule has 0 bridgehead atoms. The number of rotatable bonds is 3. The molecule has 1 unspecified atom stereocenters. The Bertz CT molecular complexity index is 520. The largest absolute Gasteiger partial charge is 0.452 e. The van der Waals surface area contributed by atoms with Gasteiger partial charge in [0.25, 0.3) is 0 Å². The molecule has 1 fully saturated rings. The molecule has 94 valence electrons. The summed E-state index contributed by atoms with van der Waals surface area (Å²) in [6, 6.07) is 9.91. The minimum absolute atomic E-state index is 0.325. The average Bonchev–Trinajstić information content (AvgIpc) is 3.02. The van der Waals surface area contributed by atoms with Crippen molar-refractivity contribution in [3.8, 4) is 11.5 Å². The van der Waals surface area contributed by atoms with Gasteiger partial charge in [0.2, 0.25) is 0 Å². The van der Waals surface area contributed by atoms with Crippen LogP contribution in [0.1, 0.15) is 12.5 Å². The average molecular weight is 264 g/mol. The molecule has 1 aromatic heterocycles. The number of nitrogens with zero attached hydrogens (tertiary/aromatic N) is 2. The van der Waals surface area contributed by atoms with Gasteiger partial charge >= 0.3 is 0 Å². The van der Waals surface area contributed by atoms with Gasteiger partial charge in [0.15, 0.2) is 10.9 Å². The molecule has 1 aliphatic heterocycles. The number of aromatic nitrogens is 2. The molecule has 1 atom stereocenters. The summed E-state index contributed by atoms with van der Waals surface area (Å²) in [5.74, 6) is 1.37. The Labute approximate surface area is 111 Å². The van der Waals surface area contributed by atoms with Crippen LogP contribution in [0.15, 0.2) is 36.5 Å². The maximum atomic E-state index is 6.30. The number of hydrogen-bond acceptors (Lipinski definition) is 3. The second-order valence-corrected chi connectivity index (χ2v) is 4.66. The van der Waals surface area contributed by atoms with Gasteiger partial charge in [-0.2, -0.15) is 5.10 Å². The number of ether oxygens (including phenoxy) is 1. The van der Waals surface area contributed by atoms with Crippen LogP contribution in [0.25, 0.3) is 0 Å². The van der Waals surface area contributed by atoms with Gasteiger partial charge in [0.1, 0.15) is 5.75 Å². The van der Waals surface area contributed by atoms with E-state index in [0.29, 0.717) is 16.9 Å². The molecule has 1 saturated heterocycles. The highest BCUT2D eigenvalue weighted by atomic mass is 35.5. The lowest BCUT2D eigenvalue weighted by atomic mass is 10.3. The molecular formula is C13H14ClN3O. The van der Waals surface area contributed by atoms with Gasteiger partial charge in [-0.3, -0.25) is 0 Å². The lowest BCUT2D eigenvalue weighted by Gasteiger charge is -2.10. The van der Waals surface area contributed by atoms with Gasteiger partial charge in [-0.25, -0.2) is 4.68 Å². The summed E-state index contributed by atoms with van der Waals surface area (Å²) in [6.45, 7) is 1.92. The van der Waals surface area contributed by atoms with E-state index in [9.17, 15) is 0 Å². The molecule has 1 aliphatic rings. The zero-order chi connectivity index (χ0) is 12.4. The van der Waals surface area contributed by atoms with E-state index in [2.05, 4.69) is 10.4 Å². The van der Waals surface area contributed by atoms with E-state index < -0.39 is 0 Å². The molecule has 2 heterocycles. The minimum Gasteiger partial charge on any atom is -0.452 e. The summed E-state index contributed by atoms with van der Waals surface area (Å²) >= 11 is 6.30. The third-order valence-corrected chi connectivity index (χ3v) is 3.41. The lowest BCUT2D eigenvalue weighted by Crippen LogP contribution is -2.14. The van der Waals surface area contributed by atoms with Crippen LogP contribution in [0.2, 0.25) is 5.15 Å². The van der Waals surface area contributed by atoms with Crippen LogP contribution in [-0.2, 0) is 0 Å². The Balaban J connectivity index is 1.81. The number of halogens is 1. The summed E-state index contributed by atoms with van der Waals surface area (Å²) in [4.78, 5) is 0. The zero-order valence-electron chi connectivity index (χ0n) is 9.84. The third kappa shape index (κ3) is 2.21. The predicted molar refractivity (Wildman–Crippen MR) is 70.3 cm³/mol. The van der Waals surface area contributed by atoms with Crippen molar-refractivity contribution < 1.29 is 4.74 Å². The second kappa shape index (κ2) is 5.00. The van der Waals surface area contributed by atoms with Crippen LogP contribution in [0.3, 0.4) is 0 Å². The molecule has 2 aromatic rings. The van der Waals surface area contributed by atoms with Crippen LogP contribution >= 0.6 is 11.6 Å². The number of benzene rings is 1. The van der Waals surface area contributed by atoms with Crippen LogP contribution in [0.4, 0.5) is 0 Å². The van der Waals surface area contributed by atoms with Crippen LogP contribution in [0, 0.1) is 0 Å². The smallest absolute Gasteiger partial charge is 0.184 e. The summed E-state index contributed by atoms with van der Waals surface area (Å²) < 4.78 is 7.55. The Morgan fingerprint density at radius 1 is 1.33 bits per heavy atom. The van der Waals surface area contributed by atoms with E-state index >= 15 is 0 Å². The quantitative estimate of drug-likeness (QED) is 0.926. The van der Waals surface area contributed by atoms with Gasteiger partial charge in [-0.1, -0.05) is 29.8 Å². The van der Waals surface area contributed by atoms with Crippen molar-refractivity contribution in [2.75, 3.05) is 13.1 Å². The van der Waals surface area contributed by atoms with E-state index in [1.54, 1.807) is 6.20 Å². The van der Waals surface area contributed by atoms with Crippen molar-refractivity contribution in [1.29, 1.82) is 0 Å². The number of nitrogens with one attached hydrogen (secondary N) is 1. The molecule has 1 aromatic carbocycles. The topological polar surface area (TPSA) is 39.1 Å². The normalized spacial score (nSPS) is 19.1. The summed E-state index contributed by atoms with van der Waals surface area (Å²) in [5, 5.41) is 8.17. The molecule has 3 rings (SSSR count). The van der Waals surface area contributed by atoms with Crippen molar-refractivity contribution in [3.05, 3.63) is 41.7 Å². The Morgan fingerprint density at radius 3 is 2.89 bits per heavy atom. The fraction of sp³-hybridized carbons (Fsp3) is 0.308. The maximum Gasteiger partial charge on any atom is 0.184 e. The zero-order valence-corrected chi connectivity index (χ0v) is 10.6. The first-order chi connectivity index (χ1) is 8.84. The standard InChI is InChI=1S/C13H14ClN3O/c14-13-12(18-11-4-2-1-3-5-11)9-16-17(13)10-6-7-15-8-10/h1-5,9-10,15H,6-8H2. The molecule has 0 saturated carbocycles.